The fourth-order valence-electron chi connectivity index (χ4n) is 3.25. The van der Waals surface area contributed by atoms with Gasteiger partial charge in [-0.3, -0.25) is 4.99 Å². The number of hydrogen-bond donors (Lipinski definition) is 0. The highest BCUT2D eigenvalue weighted by molar-refractivity contribution is 6.26. The van der Waals surface area contributed by atoms with Crippen molar-refractivity contribution < 1.29 is 0 Å². The van der Waals surface area contributed by atoms with Gasteiger partial charge in [0.25, 0.3) is 0 Å². The van der Waals surface area contributed by atoms with Crippen LogP contribution >= 0.6 is 0 Å². The van der Waals surface area contributed by atoms with Crippen molar-refractivity contribution in [2.24, 2.45) is 9.98 Å². The van der Waals surface area contributed by atoms with Crippen molar-refractivity contribution in [2.75, 3.05) is 0 Å². The van der Waals surface area contributed by atoms with E-state index in [1.54, 1.807) is 0 Å². The summed E-state index contributed by atoms with van der Waals surface area (Å²) in [6.45, 7) is 8.87. The zero-order valence-electron chi connectivity index (χ0n) is 15.1. The summed E-state index contributed by atoms with van der Waals surface area (Å²) in [7, 11) is 0. The van der Waals surface area contributed by atoms with Crippen LogP contribution in [0.2, 0.25) is 0 Å². The summed E-state index contributed by atoms with van der Waals surface area (Å²) in [4.78, 5) is 9.91. The molecule has 1 heterocycles. The Bertz CT molecular complexity index is 775. The Kier molecular flexibility index (Phi) is 4.66. The van der Waals surface area contributed by atoms with Crippen LogP contribution in [0.5, 0.6) is 0 Å². The van der Waals surface area contributed by atoms with Gasteiger partial charge < -0.3 is 0 Å². The molecule has 1 aliphatic heterocycles. The molecule has 1 aromatic carbocycles. The quantitative estimate of drug-likeness (QED) is 0.609. The highest BCUT2D eigenvalue weighted by Gasteiger charge is 2.30. The van der Waals surface area contributed by atoms with Gasteiger partial charge in [0.1, 0.15) is 0 Å². The fraction of sp³-hybridized carbons (Fsp3) is 0.364. The van der Waals surface area contributed by atoms with Crippen molar-refractivity contribution in [1.82, 2.24) is 0 Å². The molecule has 1 aromatic rings. The lowest BCUT2D eigenvalue weighted by atomic mass is 9.80. The Morgan fingerprint density at radius 2 is 1.67 bits per heavy atom. The van der Waals surface area contributed by atoms with E-state index in [9.17, 15) is 0 Å². The molecule has 2 heteroatoms. The van der Waals surface area contributed by atoms with Crippen molar-refractivity contribution in [3.63, 3.8) is 0 Å². The Balaban J connectivity index is 2.10. The number of rotatable bonds is 4. The molecule has 3 rings (SSSR count). The Hall–Kier alpha value is -2.22. The second-order valence-corrected chi connectivity index (χ2v) is 6.65. The first-order valence-electron chi connectivity index (χ1n) is 8.97. The van der Waals surface area contributed by atoms with Crippen molar-refractivity contribution in [3.8, 4) is 0 Å². The van der Waals surface area contributed by atoms with Crippen LogP contribution in [0.15, 0.2) is 75.3 Å². The first kappa shape index (κ1) is 16.6. The molecule has 0 N–H and O–H groups in total. The average Bonchev–Trinajstić information content (AvgIpc) is 2.61. The number of allylic oxidation sites excluding steroid dienone is 5. The van der Waals surface area contributed by atoms with Crippen LogP contribution in [0.25, 0.3) is 0 Å². The minimum atomic E-state index is -0.0830. The summed E-state index contributed by atoms with van der Waals surface area (Å²) in [5.41, 5.74) is 7.05. The second kappa shape index (κ2) is 6.72. The van der Waals surface area contributed by atoms with Crippen LogP contribution in [-0.2, 0) is 0 Å². The molecule has 2 aliphatic rings. The number of para-hydroxylation sites is 1. The summed E-state index contributed by atoms with van der Waals surface area (Å²) in [5.74, 6) is 0. The van der Waals surface area contributed by atoms with Crippen molar-refractivity contribution in [3.05, 3.63) is 65.3 Å². The smallest absolute Gasteiger partial charge is 0.0770 e. The number of hydrogen-bond acceptors (Lipinski definition) is 2. The lowest BCUT2D eigenvalue weighted by Gasteiger charge is -2.32. The largest absolute Gasteiger partial charge is 0.274 e. The van der Waals surface area contributed by atoms with Gasteiger partial charge in [0.05, 0.1) is 22.6 Å². The van der Waals surface area contributed by atoms with Crippen LogP contribution in [0.4, 0.5) is 5.69 Å². The number of aliphatic imine (C=N–C) groups is 2. The van der Waals surface area contributed by atoms with E-state index < -0.39 is 0 Å². The predicted molar refractivity (Wildman–Crippen MR) is 104 cm³/mol. The molecule has 0 fully saturated rings. The molecule has 0 saturated carbocycles. The van der Waals surface area contributed by atoms with E-state index in [-0.39, 0.29) is 5.54 Å². The number of fused-ring (bicyclic) bond motifs is 1. The van der Waals surface area contributed by atoms with Gasteiger partial charge in [-0.2, -0.15) is 0 Å². The molecule has 2 nitrogen and oxygen atoms in total. The van der Waals surface area contributed by atoms with Crippen molar-refractivity contribution in [1.29, 1.82) is 0 Å². The van der Waals surface area contributed by atoms with E-state index in [2.05, 4.69) is 45.9 Å². The zero-order chi connectivity index (χ0) is 17.2. The number of nitrogens with zero attached hydrogens (tertiary/aromatic N) is 2. The highest BCUT2D eigenvalue weighted by atomic mass is 14.9. The topological polar surface area (TPSA) is 24.7 Å². The van der Waals surface area contributed by atoms with E-state index >= 15 is 0 Å². The molecule has 1 atom stereocenters. The molecule has 0 bridgehead atoms. The minimum Gasteiger partial charge on any atom is -0.274 e. The summed E-state index contributed by atoms with van der Waals surface area (Å²) < 4.78 is 0. The van der Waals surface area contributed by atoms with Crippen LogP contribution in [0, 0.1) is 0 Å². The summed E-state index contributed by atoms with van der Waals surface area (Å²) in [5, 5.41) is 0. The van der Waals surface area contributed by atoms with Crippen molar-refractivity contribution >= 4 is 17.1 Å². The Morgan fingerprint density at radius 3 is 2.29 bits per heavy atom. The number of dihydropyridines is 1. The monoisotopic (exact) mass is 318 g/mol. The summed E-state index contributed by atoms with van der Waals surface area (Å²) in [6, 6.07) is 10.2. The first-order valence-corrected chi connectivity index (χ1v) is 8.97. The van der Waals surface area contributed by atoms with Gasteiger partial charge in [-0.15, -0.1) is 0 Å². The molecular weight excluding hydrogens is 292 g/mol. The van der Waals surface area contributed by atoms with Gasteiger partial charge in [-0.1, -0.05) is 45.0 Å². The van der Waals surface area contributed by atoms with Gasteiger partial charge in [0.2, 0.25) is 0 Å². The SMILES string of the molecule is CCC1=CC(C)(CC)N=C2C(CC)=CC(=Nc3ccccc3)C=C12. The highest BCUT2D eigenvalue weighted by Crippen LogP contribution is 2.35. The van der Waals surface area contributed by atoms with Gasteiger partial charge >= 0.3 is 0 Å². The maximum atomic E-state index is 5.09. The standard InChI is InChI=1S/C22H26N2/c1-5-16-13-19(23-18-11-9-8-10-12-18)14-20-17(6-2)15-22(4,7-3)24-21(16)20/h8-15H,5-7H2,1-4H3. The molecule has 124 valence electrons. The number of benzene rings is 1. The second-order valence-electron chi connectivity index (χ2n) is 6.65. The van der Waals surface area contributed by atoms with E-state index in [0.29, 0.717) is 0 Å². The molecule has 1 unspecified atom stereocenters. The lowest BCUT2D eigenvalue weighted by molar-refractivity contribution is 0.558. The maximum absolute atomic E-state index is 5.09. The molecule has 1 aliphatic carbocycles. The fourth-order valence-corrected chi connectivity index (χ4v) is 3.25. The molecule has 0 saturated heterocycles. The van der Waals surface area contributed by atoms with E-state index in [1.807, 2.05) is 30.3 Å². The molecule has 0 spiro atoms. The van der Waals surface area contributed by atoms with Gasteiger partial charge in [-0.05, 0) is 61.6 Å². The van der Waals surface area contributed by atoms with Crippen LogP contribution < -0.4 is 0 Å². The maximum Gasteiger partial charge on any atom is 0.0770 e. The normalized spacial score (nSPS) is 24.8. The van der Waals surface area contributed by atoms with Gasteiger partial charge in [-0.25, -0.2) is 4.99 Å². The molecule has 0 amide bonds. The van der Waals surface area contributed by atoms with E-state index in [4.69, 9.17) is 9.98 Å². The molecule has 24 heavy (non-hydrogen) atoms. The van der Waals surface area contributed by atoms with Crippen LogP contribution in [0.1, 0.15) is 47.0 Å². The third-order valence-electron chi connectivity index (χ3n) is 4.86. The lowest BCUT2D eigenvalue weighted by Crippen LogP contribution is -2.29. The third-order valence-corrected chi connectivity index (χ3v) is 4.86. The molecular formula is C22H26N2. The van der Waals surface area contributed by atoms with Gasteiger partial charge in [0, 0.05) is 5.57 Å². The third kappa shape index (κ3) is 3.19. The Morgan fingerprint density at radius 1 is 0.958 bits per heavy atom. The molecule has 0 radical (unpaired) electrons. The Labute approximate surface area is 145 Å². The summed E-state index contributed by atoms with van der Waals surface area (Å²) >= 11 is 0. The van der Waals surface area contributed by atoms with Crippen molar-refractivity contribution in [2.45, 2.75) is 52.5 Å². The van der Waals surface area contributed by atoms with Gasteiger partial charge in [0.15, 0.2) is 0 Å². The van der Waals surface area contributed by atoms with Crippen LogP contribution in [-0.4, -0.2) is 17.0 Å². The minimum absolute atomic E-state index is 0.0830. The average molecular weight is 318 g/mol. The van der Waals surface area contributed by atoms with Crippen LogP contribution in [0.3, 0.4) is 0 Å². The first-order chi connectivity index (χ1) is 11.6. The molecule has 0 aromatic heterocycles. The summed E-state index contributed by atoms with van der Waals surface area (Å²) in [6.07, 6.45) is 9.77. The zero-order valence-corrected chi connectivity index (χ0v) is 15.1. The predicted octanol–water partition coefficient (Wildman–Crippen LogP) is 6.00. The van der Waals surface area contributed by atoms with E-state index in [0.717, 1.165) is 30.7 Å². The van der Waals surface area contributed by atoms with E-state index in [1.165, 1.54) is 22.4 Å².